The lowest BCUT2D eigenvalue weighted by atomic mass is 10.0. The van der Waals surface area contributed by atoms with Gasteiger partial charge in [0.05, 0.1) is 11.2 Å². The second-order valence-electron chi connectivity index (χ2n) is 11.4. The van der Waals surface area contributed by atoms with Crippen molar-refractivity contribution in [2.75, 3.05) is 16.8 Å². The Morgan fingerprint density at radius 3 is 2.10 bits per heavy atom. The molecule has 4 rings (SSSR count). The molecule has 1 aliphatic rings. The van der Waals surface area contributed by atoms with Gasteiger partial charge in [-0.15, -0.1) is 0 Å². The first-order valence-corrected chi connectivity index (χ1v) is 16.3. The summed E-state index contributed by atoms with van der Waals surface area (Å²) in [6.45, 7) is 3.10. The largest absolute Gasteiger partial charge is 0.326 e. The van der Waals surface area contributed by atoms with Crippen molar-refractivity contribution in [3.63, 3.8) is 0 Å². The van der Waals surface area contributed by atoms with Gasteiger partial charge < -0.3 is 10.2 Å². The molecule has 0 unspecified atom stereocenters. The second kappa shape index (κ2) is 16.6. The van der Waals surface area contributed by atoms with Crippen molar-refractivity contribution >= 4 is 45.6 Å². The van der Waals surface area contributed by atoms with Gasteiger partial charge in [0.1, 0.15) is 5.82 Å². The molecular formula is C35H48ClN3O. The van der Waals surface area contributed by atoms with Crippen LogP contribution in [0.4, 0.5) is 17.2 Å². The Labute approximate surface area is 246 Å². The van der Waals surface area contributed by atoms with Gasteiger partial charge in [0, 0.05) is 34.6 Å². The summed E-state index contributed by atoms with van der Waals surface area (Å²) < 4.78 is 0. The lowest BCUT2D eigenvalue weighted by Crippen LogP contribution is -2.15. The summed E-state index contributed by atoms with van der Waals surface area (Å²) in [7, 11) is 0. The Bertz CT molecular complexity index is 1210. The van der Waals surface area contributed by atoms with Gasteiger partial charge >= 0.3 is 0 Å². The van der Waals surface area contributed by atoms with Crippen molar-refractivity contribution in [1.29, 1.82) is 0 Å². The Balaban J connectivity index is 1.18. The van der Waals surface area contributed by atoms with Crippen LogP contribution in [0.2, 0.25) is 5.02 Å². The molecule has 0 saturated carbocycles. The molecule has 40 heavy (non-hydrogen) atoms. The highest BCUT2D eigenvalue weighted by Gasteiger charge is 2.27. The minimum atomic E-state index is 0.106. The Hall–Kier alpha value is -2.59. The van der Waals surface area contributed by atoms with Crippen LogP contribution in [0.15, 0.2) is 48.5 Å². The Kier molecular flexibility index (Phi) is 12.6. The van der Waals surface area contributed by atoms with Crippen molar-refractivity contribution in [2.24, 2.45) is 0 Å². The van der Waals surface area contributed by atoms with E-state index in [1.165, 1.54) is 83.5 Å². The monoisotopic (exact) mass is 561 g/mol. The molecular weight excluding hydrogens is 514 g/mol. The van der Waals surface area contributed by atoms with E-state index in [-0.39, 0.29) is 5.91 Å². The molecule has 0 atom stereocenters. The quantitative estimate of drug-likeness (QED) is 0.157. The molecule has 4 nitrogen and oxygen atoms in total. The number of nitrogens with one attached hydrogen (secondary N) is 1. The van der Waals surface area contributed by atoms with Crippen LogP contribution in [-0.2, 0) is 11.2 Å². The molecule has 1 amide bonds. The lowest BCUT2D eigenvalue weighted by Gasteiger charge is -2.20. The number of anilines is 3. The zero-order valence-corrected chi connectivity index (χ0v) is 25.3. The van der Waals surface area contributed by atoms with Gasteiger partial charge in [0.2, 0.25) is 5.91 Å². The summed E-state index contributed by atoms with van der Waals surface area (Å²) in [6.07, 6.45) is 21.3. The molecule has 5 heteroatoms. The van der Waals surface area contributed by atoms with Crippen LogP contribution in [0.25, 0.3) is 10.9 Å². The molecule has 1 aromatic heterocycles. The minimum absolute atomic E-state index is 0.106. The average Bonchev–Trinajstić information content (AvgIpc) is 3.39. The third-order valence-electron chi connectivity index (χ3n) is 8.20. The van der Waals surface area contributed by atoms with Crippen LogP contribution in [0, 0.1) is 0 Å². The number of unbranched alkanes of at least 4 members (excludes halogenated alkanes) is 14. The normalized spacial score (nSPS) is 12.7. The number of hydrogen-bond donors (Lipinski definition) is 1. The van der Waals surface area contributed by atoms with E-state index in [1.54, 1.807) is 0 Å². The summed E-state index contributed by atoms with van der Waals surface area (Å²) in [5.41, 5.74) is 3.97. The summed E-state index contributed by atoms with van der Waals surface area (Å²) >= 11 is 6.28. The summed E-state index contributed by atoms with van der Waals surface area (Å²) in [4.78, 5) is 20.2. The molecule has 0 aliphatic carbocycles. The first-order valence-electron chi connectivity index (χ1n) is 15.9. The number of amides is 1. The summed E-state index contributed by atoms with van der Waals surface area (Å²) in [6, 6.07) is 16.0. The van der Waals surface area contributed by atoms with Crippen molar-refractivity contribution < 1.29 is 4.79 Å². The van der Waals surface area contributed by atoms with E-state index < -0.39 is 0 Å². The van der Waals surface area contributed by atoms with Crippen molar-refractivity contribution in [3.8, 4) is 0 Å². The van der Waals surface area contributed by atoms with Crippen LogP contribution in [-0.4, -0.2) is 17.4 Å². The Morgan fingerprint density at radius 2 is 1.45 bits per heavy atom. The number of fused-ring (bicyclic) bond motifs is 2. The van der Waals surface area contributed by atoms with E-state index in [9.17, 15) is 4.79 Å². The van der Waals surface area contributed by atoms with E-state index in [0.29, 0.717) is 11.4 Å². The van der Waals surface area contributed by atoms with E-state index in [2.05, 4.69) is 29.3 Å². The molecule has 0 radical (unpaired) electrons. The van der Waals surface area contributed by atoms with Gasteiger partial charge in [-0.05, 0) is 37.1 Å². The van der Waals surface area contributed by atoms with E-state index in [0.717, 1.165) is 59.5 Å². The highest BCUT2D eigenvalue weighted by molar-refractivity contribution is 6.30. The molecule has 1 aliphatic heterocycles. The SMILES string of the molecule is CCCCCCCCCCCCCCCCCC(=O)Nc1c2c(nc3ccccc13)N(c1cccc(Cl)c1)CC2. The van der Waals surface area contributed by atoms with Gasteiger partial charge in [0.25, 0.3) is 0 Å². The number of carbonyl (C=O) groups excluding carboxylic acids is 1. The highest BCUT2D eigenvalue weighted by Crippen LogP contribution is 2.41. The van der Waals surface area contributed by atoms with Gasteiger partial charge in [-0.3, -0.25) is 4.79 Å². The lowest BCUT2D eigenvalue weighted by molar-refractivity contribution is -0.116. The van der Waals surface area contributed by atoms with Gasteiger partial charge in [-0.25, -0.2) is 4.98 Å². The number of benzene rings is 2. The topological polar surface area (TPSA) is 45.2 Å². The van der Waals surface area contributed by atoms with Crippen molar-refractivity contribution in [3.05, 3.63) is 59.1 Å². The molecule has 0 spiro atoms. The van der Waals surface area contributed by atoms with Crippen molar-refractivity contribution in [2.45, 2.75) is 116 Å². The third-order valence-corrected chi connectivity index (χ3v) is 8.44. The summed E-state index contributed by atoms with van der Waals surface area (Å²) in [5.74, 6) is 1.03. The standard InChI is InChI=1S/C35H48ClN3O/c1-2-3-4-5-6-7-8-9-10-11-12-13-14-15-16-24-33(40)38-34-30-22-17-18-23-32(30)37-35-31(34)25-26-39(35)29-21-19-20-28(36)27-29/h17-23,27H,2-16,24-26H2,1H3,(H,37,38,40). The van der Waals surface area contributed by atoms with Gasteiger partial charge in [-0.1, -0.05) is 133 Å². The van der Waals surface area contributed by atoms with Crippen LogP contribution in [0.1, 0.15) is 115 Å². The molecule has 0 saturated heterocycles. The van der Waals surface area contributed by atoms with Crippen LogP contribution < -0.4 is 10.2 Å². The second-order valence-corrected chi connectivity index (χ2v) is 11.9. The predicted molar refractivity (Wildman–Crippen MR) is 172 cm³/mol. The fourth-order valence-electron chi connectivity index (χ4n) is 5.93. The van der Waals surface area contributed by atoms with Crippen LogP contribution in [0.3, 0.4) is 0 Å². The molecule has 2 aromatic carbocycles. The predicted octanol–water partition coefficient (Wildman–Crippen LogP) is 10.8. The maximum Gasteiger partial charge on any atom is 0.224 e. The zero-order valence-electron chi connectivity index (χ0n) is 24.5. The first kappa shape index (κ1) is 30.4. The maximum absolute atomic E-state index is 13.0. The van der Waals surface area contributed by atoms with Crippen molar-refractivity contribution in [1.82, 2.24) is 4.98 Å². The number of halogens is 1. The number of nitrogens with zero attached hydrogens (tertiary/aromatic N) is 2. The minimum Gasteiger partial charge on any atom is -0.326 e. The fraction of sp³-hybridized carbons (Fsp3) is 0.543. The number of carbonyl (C=O) groups is 1. The van der Waals surface area contributed by atoms with Gasteiger partial charge in [-0.2, -0.15) is 0 Å². The number of hydrogen-bond acceptors (Lipinski definition) is 3. The number of aromatic nitrogens is 1. The number of rotatable bonds is 18. The first-order chi connectivity index (χ1) is 19.7. The number of para-hydroxylation sites is 1. The molecule has 3 aromatic rings. The van der Waals surface area contributed by atoms with E-state index >= 15 is 0 Å². The van der Waals surface area contributed by atoms with Crippen LogP contribution in [0.5, 0.6) is 0 Å². The molecule has 1 N–H and O–H groups in total. The number of pyridine rings is 1. The smallest absolute Gasteiger partial charge is 0.224 e. The van der Waals surface area contributed by atoms with E-state index in [1.807, 2.05) is 36.4 Å². The average molecular weight is 562 g/mol. The molecule has 216 valence electrons. The third kappa shape index (κ3) is 8.96. The Morgan fingerprint density at radius 1 is 0.825 bits per heavy atom. The van der Waals surface area contributed by atoms with Gasteiger partial charge in [0.15, 0.2) is 0 Å². The van der Waals surface area contributed by atoms with E-state index in [4.69, 9.17) is 16.6 Å². The summed E-state index contributed by atoms with van der Waals surface area (Å²) in [5, 5.41) is 5.01. The maximum atomic E-state index is 13.0. The van der Waals surface area contributed by atoms with Crippen LogP contribution >= 0.6 is 11.6 Å². The molecule has 0 fully saturated rings. The molecule has 0 bridgehead atoms. The molecule has 2 heterocycles. The highest BCUT2D eigenvalue weighted by atomic mass is 35.5. The zero-order chi connectivity index (χ0) is 28.0. The fourth-order valence-corrected chi connectivity index (χ4v) is 6.11.